The standard InChI is InChI=1S/3C17H10NO.C17H10NS.4C11H8N.4Ir/c1-2-7-16-13(5-1)14-11-12(8-9-17(14)19-16)15-6-3-4-10-18-15;2*1-2-7-16-13(5-1)14-9-8-12(11-17(14)19-16)15-6-3-4-10-18-15;1-2-7-16-13(5-1)14-11-12(8-9-17(14)19-16)15-6-3-4-10-18-15;4*1-2-6-10(7-3-1)11-8-4-5-9-12-11;;;;/h2*1-7,9-11H;1-10H;1-7,9-11H;4*1-6,8-9H;;;;/q8*-1;;;;. The molecular weight excluding hydrogens is 2310 g/mol. The topological polar surface area (TPSA) is 143 Å². The number of hydrogen-bond donors (Lipinski definition) is 0. The van der Waals surface area contributed by atoms with Crippen LogP contribution in [0.15, 0.2) is 451 Å². The van der Waals surface area contributed by atoms with Crippen molar-refractivity contribution in [1.29, 1.82) is 0 Å². The van der Waals surface area contributed by atoms with E-state index in [0.29, 0.717) is 0 Å². The Labute approximate surface area is 799 Å². The van der Waals surface area contributed by atoms with E-state index in [-0.39, 0.29) is 80.4 Å². The van der Waals surface area contributed by atoms with Gasteiger partial charge in [-0.1, -0.05) is 204 Å². The molecule has 0 saturated carbocycles. The van der Waals surface area contributed by atoms with E-state index >= 15 is 0 Å². The van der Waals surface area contributed by atoms with Crippen molar-refractivity contribution >= 4 is 97.3 Å². The zero-order chi connectivity index (χ0) is 83.5. The fraction of sp³-hybridized carbons (Fsp3) is 0. The molecule has 128 heavy (non-hydrogen) atoms. The van der Waals surface area contributed by atoms with Gasteiger partial charge in [-0.3, -0.25) is 0 Å². The van der Waals surface area contributed by atoms with Crippen LogP contribution in [0.5, 0.6) is 0 Å². The number of rotatable bonds is 8. The van der Waals surface area contributed by atoms with Crippen LogP contribution in [-0.2, 0) is 80.4 Å². The smallest absolute Gasteiger partial charge is 0.123 e. The van der Waals surface area contributed by atoms with E-state index in [1.165, 1.54) is 20.2 Å². The first-order valence-electron chi connectivity index (χ1n) is 40.0. The number of pyridine rings is 8. The number of benzene rings is 12. The van der Waals surface area contributed by atoms with Gasteiger partial charge in [-0.05, 0) is 139 Å². The summed E-state index contributed by atoms with van der Waals surface area (Å²) in [5, 5.41) is 9.28. The zero-order valence-corrected chi connectivity index (χ0v) is 78.5. The predicted octanol–water partition coefficient (Wildman–Crippen LogP) is 28.4. The number of hydrogen-bond acceptors (Lipinski definition) is 12. The summed E-state index contributed by atoms with van der Waals surface area (Å²) < 4.78 is 20.1. The van der Waals surface area contributed by atoms with E-state index < -0.39 is 0 Å². The summed E-state index contributed by atoms with van der Waals surface area (Å²) in [6, 6.07) is 153. The van der Waals surface area contributed by atoms with Crippen molar-refractivity contribution in [3.8, 4) is 90.1 Å². The number of para-hydroxylation sites is 3. The number of fused-ring (bicyclic) bond motifs is 12. The molecule has 628 valence electrons. The molecule has 0 spiro atoms. The summed E-state index contributed by atoms with van der Waals surface area (Å²) in [5.41, 5.74) is 20.9. The van der Waals surface area contributed by atoms with E-state index in [0.717, 1.165) is 156 Å². The van der Waals surface area contributed by atoms with Gasteiger partial charge < -0.3 is 53.1 Å². The molecule has 0 fully saturated rings. The molecule has 12 aromatic carbocycles. The Morgan fingerprint density at radius 2 is 0.500 bits per heavy atom. The second-order valence-corrected chi connectivity index (χ2v) is 28.8. The van der Waals surface area contributed by atoms with Crippen molar-refractivity contribution in [2.45, 2.75) is 0 Å². The normalized spacial score (nSPS) is 10.2. The average molecular weight is 2380 g/mol. The third-order valence-corrected chi connectivity index (χ3v) is 20.7. The summed E-state index contributed by atoms with van der Waals surface area (Å²) in [5.74, 6) is 0. The fourth-order valence-electron chi connectivity index (χ4n) is 13.6. The molecule has 0 amide bonds. The molecule has 0 N–H and O–H groups in total. The molecule has 24 rings (SSSR count). The minimum absolute atomic E-state index is 0. The third-order valence-electron chi connectivity index (χ3n) is 19.6. The Balaban J connectivity index is 0.000000126. The van der Waals surface area contributed by atoms with Crippen molar-refractivity contribution in [3.05, 3.63) is 486 Å². The molecule has 4 radical (unpaired) electrons. The van der Waals surface area contributed by atoms with Gasteiger partial charge in [0.2, 0.25) is 0 Å². The Morgan fingerprint density at radius 3 is 0.898 bits per heavy atom. The quantitative estimate of drug-likeness (QED) is 0.134. The van der Waals surface area contributed by atoms with Gasteiger partial charge in [0, 0.05) is 140 Å². The van der Waals surface area contributed by atoms with Crippen LogP contribution in [0.25, 0.3) is 176 Å². The summed E-state index contributed by atoms with van der Waals surface area (Å²) in [7, 11) is 0. The van der Waals surface area contributed by atoms with E-state index in [9.17, 15) is 0 Å². The van der Waals surface area contributed by atoms with Crippen molar-refractivity contribution in [2.75, 3.05) is 0 Å². The van der Waals surface area contributed by atoms with Crippen LogP contribution in [0.1, 0.15) is 0 Å². The Bertz CT molecular complexity index is 6700. The molecule has 0 atom stereocenters. The molecule has 12 aromatic heterocycles. The molecule has 24 aromatic rings. The number of thiophene rings is 1. The molecule has 12 heterocycles. The van der Waals surface area contributed by atoms with Gasteiger partial charge in [-0.15, -0.1) is 226 Å². The first-order valence-corrected chi connectivity index (χ1v) is 40.9. The fourth-order valence-corrected chi connectivity index (χ4v) is 14.7. The van der Waals surface area contributed by atoms with Gasteiger partial charge >= 0.3 is 0 Å². The molecule has 0 bridgehead atoms. The van der Waals surface area contributed by atoms with Gasteiger partial charge in [-0.2, -0.15) is 11.3 Å². The summed E-state index contributed by atoms with van der Waals surface area (Å²) in [6.45, 7) is 0. The van der Waals surface area contributed by atoms with E-state index in [4.69, 9.17) is 13.3 Å². The Morgan fingerprint density at radius 1 is 0.188 bits per heavy atom. The molecule has 0 aliphatic carbocycles. The maximum absolute atomic E-state index is 5.87. The zero-order valence-electron chi connectivity index (χ0n) is 68.1. The number of nitrogens with zero attached hydrogens (tertiary/aromatic N) is 8. The first kappa shape index (κ1) is 91.7. The number of aromatic nitrogens is 8. The van der Waals surface area contributed by atoms with Gasteiger partial charge in [0.25, 0.3) is 0 Å². The van der Waals surface area contributed by atoms with Crippen molar-refractivity contribution < 1.29 is 93.7 Å². The van der Waals surface area contributed by atoms with Gasteiger partial charge in [0.05, 0.1) is 16.7 Å². The maximum atomic E-state index is 5.87. The Kier molecular flexibility index (Phi) is 33.6. The molecular formula is C112H72Ir4N8O3S-8. The third kappa shape index (κ3) is 23.6. The summed E-state index contributed by atoms with van der Waals surface area (Å²) in [6.07, 6.45) is 14.3. The van der Waals surface area contributed by atoms with Crippen molar-refractivity contribution in [2.24, 2.45) is 0 Å². The van der Waals surface area contributed by atoms with Crippen LogP contribution in [0, 0.1) is 48.5 Å². The SMILES string of the molecule is [Ir].[Ir].[Ir].[Ir].[c-]1c(-c2ccccn2)ccc2c1oc1ccccc12.[c-]1cc2c(cc1-c1ccccn1)oc1ccccc12.[c-]1cc2oc3ccccc3c2cc1-c1ccccn1.[c-]1cc2sc3ccccc3c2cc1-c1ccccn1.[c-]1ccccc1-c1ccccn1.[c-]1ccccc1-c1ccccn1.[c-]1ccccc1-c1ccccn1.[c-]1ccccc1-c1ccccn1. The van der Waals surface area contributed by atoms with Crippen molar-refractivity contribution in [3.63, 3.8) is 0 Å². The Hall–Kier alpha value is -13.9. The van der Waals surface area contributed by atoms with Crippen LogP contribution < -0.4 is 0 Å². The minimum Gasteiger partial charge on any atom is -0.500 e. The summed E-state index contributed by atoms with van der Waals surface area (Å²) >= 11 is 1.81. The van der Waals surface area contributed by atoms with Gasteiger partial charge in [0.1, 0.15) is 16.7 Å². The molecule has 0 saturated heterocycles. The molecule has 0 aliphatic rings. The maximum Gasteiger partial charge on any atom is 0.123 e. The second kappa shape index (κ2) is 46.9. The van der Waals surface area contributed by atoms with Gasteiger partial charge in [0.15, 0.2) is 0 Å². The van der Waals surface area contributed by atoms with Crippen LogP contribution in [-0.4, -0.2) is 39.9 Å². The molecule has 11 nitrogen and oxygen atoms in total. The van der Waals surface area contributed by atoms with Crippen LogP contribution in [0.3, 0.4) is 0 Å². The van der Waals surface area contributed by atoms with Crippen LogP contribution in [0.4, 0.5) is 0 Å². The van der Waals surface area contributed by atoms with Crippen LogP contribution >= 0.6 is 11.3 Å². The average Bonchev–Trinajstić information content (AvgIpc) is 1.65. The number of furan rings is 3. The molecule has 0 unspecified atom stereocenters. The van der Waals surface area contributed by atoms with E-state index in [2.05, 4.69) is 155 Å². The largest absolute Gasteiger partial charge is 0.500 e. The summed E-state index contributed by atoms with van der Waals surface area (Å²) in [4.78, 5) is 34.3. The first-order chi connectivity index (χ1) is 61.5. The predicted molar refractivity (Wildman–Crippen MR) is 503 cm³/mol. The van der Waals surface area contributed by atoms with E-state index in [1.807, 2.05) is 339 Å². The monoisotopic (exact) mass is 2380 g/mol. The van der Waals surface area contributed by atoms with Crippen molar-refractivity contribution in [1.82, 2.24) is 39.9 Å². The molecule has 0 aliphatic heterocycles. The van der Waals surface area contributed by atoms with E-state index in [1.54, 1.807) is 43.4 Å². The second-order valence-electron chi connectivity index (χ2n) is 27.7. The molecule has 16 heteroatoms. The van der Waals surface area contributed by atoms with Crippen LogP contribution in [0.2, 0.25) is 0 Å². The van der Waals surface area contributed by atoms with Gasteiger partial charge in [-0.25, -0.2) is 0 Å². The minimum atomic E-state index is 0.